The number of aryl methyl sites for hydroxylation is 1. The van der Waals surface area contributed by atoms with Gasteiger partial charge in [0.1, 0.15) is 0 Å². The molecule has 0 saturated carbocycles. The predicted molar refractivity (Wildman–Crippen MR) is 83.3 cm³/mol. The van der Waals surface area contributed by atoms with Gasteiger partial charge < -0.3 is 16.0 Å². The molecule has 1 amide bonds. The van der Waals surface area contributed by atoms with Crippen LogP contribution in [0.2, 0.25) is 0 Å². The fraction of sp³-hybridized carbons (Fsp3) is 0.562. The van der Waals surface area contributed by atoms with Crippen LogP contribution >= 0.6 is 0 Å². The molecule has 2 unspecified atom stereocenters. The summed E-state index contributed by atoms with van der Waals surface area (Å²) in [6.45, 7) is 5.40. The van der Waals surface area contributed by atoms with Crippen molar-refractivity contribution in [3.05, 3.63) is 29.3 Å². The van der Waals surface area contributed by atoms with E-state index in [0.717, 1.165) is 24.2 Å². The van der Waals surface area contributed by atoms with Crippen LogP contribution in [0.15, 0.2) is 18.2 Å². The molecular weight excluding hydrogens is 250 g/mol. The lowest BCUT2D eigenvalue weighted by atomic mass is 10.0. The Morgan fingerprint density at radius 3 is 2.90 bits per heavy atom. The summed E-state index contributed by atoms with van der Waals surface area (Å²) in [6.07, 6.45) is 3.70. The van der Waals surface area contributed by atoms with E-state index >= 15 is 0 Å². The maximum atomic E-state index is 11.6. The van der Waals surface area contributed by atoms with Gasteiger partial charge in [-0.25, -0.2) is 0 Å². The van der Waals surface area contributed by atoms with Gasteiger partial charge >= 0.3 is 0 Å². The van der Waals surface area contributed by atoms with Gasteiger partial charge in [-0.3, -0.25) is 4.79 Å². The van der Waals surface area contributed by atoms with Crippen molar-refractivity contribution in [1.29, 1.82) is 0 Å². The molecule has 2 rings (SSSR count). The van der Waals surface area contributed by atoms with Crippen LogP contribution in [0.1, 0.15) is 42.1 Å². The minimum absolute atomic E-state index is 0.0390. The highest BCUT2D eigenvalue weighted by Gasteiger charge is 2.17. The van der Waals surface area contributed by atoms with Gasteiger partial charge in [0.05, 0.1) is 0 Å². The Kier molecular flexibility index (Phi) is 5.01. The number of hydrogen-bond donors (Lipinski definition) is 3. The molecule has 1 aliphatic rings. The van der Waals surface area contributed by atoms with E-state index in [1.807, 2.05) is 25.1 Å². The molecule has 1 heterocycles. The zero-order chi connectivity index (χ0) is 14.5. The molecule has 0 bridgehead atoms. The molecule has 110 valence electrons. The molecular formula is C16H25N3O. The molecule has 0 aliphatic carbocycles. The Morgan fingerprint density at radius 1 is 1.50 bits per heavy atom. The summed E-state index contributed by atoms with van der Waals surface area (Å²) in [5.74, 6) is -0.0390. The number of rotatable bonds is 5. The lowest BCUT2D eigenvalue weighted by molar-refractivity contribution is 0.0963. The third-order valence-corrected chi connectivity index (χ3v) is 3.92. The van der Waals surface area contributed by atoms with E-state index in [4.69, 9.17) is 0 Å². The fourth-order valence-electron chi connectivity index (χ4n) is 2.82. The SMILES string of the molecule is CNC(=O)c1ccc(NC(C)CC2CCCN2)c(C)c1. The summed E-state index contributed by atoms with van der Waals surface area (Å²) in [7, 11) is 1.65. The van der Waals surface area contributed by atoms with Crippen LogP contribution in [0.5, 0.6) is 0 Å². The number of anilines is 1. The quantitative estimate of drug-likeness (QED) is 0.773. The highest BCUT2D eigenvalue weighted by molar-refractivity contribution is 5.94. The maximum Gasteiger partial charge on any atom is 0.251 e. The number of nitrogens with one attached hydrogen (secondary N) is 3. The van der Waals surface area contributed by atoms with Crippen LogP contribution in [-0.2, 0) is 0 Å². The van der Waals surface area contributed by atoms with E-state index in [9.17, 15) is 4.79 Å². The first-order valence-corrected chi connectivity index (χ1v) is 7.43. The van der Waals surface area contributed by atoms with Crippen molar-refractivity contribution in [3.8, 4) is 0 Å². The van der Waals surface area contributed by atoms with E-state index in [2.05, 4.69) is 22.9 Å². The number of benzene rings is 1. The van der Waals surface area contributed by atoms with Crippen molar-refractivity contribution >= 4 is 11.6 Å². The molecule has 4 nitrogen and oxygen atoms in total. The zero-order valence-electron chi connectivity index (χ0n) is 12.6. The predicted octanol–water partition coefficient (Wildman–Crippen LogP) is 2.30. The van der Waals surface area contributed by atoms with Gasteiger partial charge in [0.25, 0.3) is 5.91 Å². The van der Waals surface area contributed by atoms with Crippen molar-refractivity contribution in [1.82, 2.24) is 10.6 Å². The third-order valence-electron chi connectivity index (χ3n) is 3.92. The lowest BCUT2D eigenvalue weighted by Crippen LogP contribution is -2.29. The second-order valence-corrected chi connectivity index (χ2v) is 5.68. The van der Waals surface area contributed by atoms with Gasteiger partial charge in [-0.1, -0.05) is 0 Å². The van der Waals surface area contributed by atoms with Gasteiger partial charge in [0.15, 0.2) is 0 Å². The fourth-order valence-corrected chi connectivity index (χ4v) is 2.82. The Bertz CT molecular complexity index is 467. The highest BCUT2D eigenvalue weighted by Crippen LogP contribution is 2.20. The second kappa shape index (κ2) is 6.75. The smallest absolute Gasteiger partial charge is 0.251 e. The first kappa shape index (κ1) is 14.9. The molecule has 4 heteroatoms. The molecule has 1 saturated heterocycles. The van der Waals surface area contributed by atoms with Gasteiger partial charge in [-0.2, -0.15) is 0 Å². The maximum absolute atomic E-state index is 11.6. The van der Waals surface area contributed by atoms with Crippen LogP contribution in [0.4, 0.5) is 5.69 Å². The van der Waals surface area contributed by atoms with E-state index in [0.29, 0.717) is 17.6 Å². The monoisotopic (exact) mass is 275 g/mol. The summed E-state index contributed by atoms with van der Waals surface area (Å²) in [5, 5.41) is 9.73. The molecule has 0 radical (unpaired) electrons. The standard InChI is InChI=1S/C16H25N3O/c1-11-9-13(16(20)17-3)6-7-15(11)19-12(2)10-14-5-4-8-18-14/h6-7,9,12,14,18-19H,4-5,8,10H2,1-3H3,(H,17,20). The number of amides is 1. The van der Waals surface area contributed by atoms with Crippen LogP contribution < -0.4 is 16.0 Å². The summed E-state index contributed by atoms with van der Waals surface area (Å²) in [5.41, 5.74) is 2.93. The van der Waals surface area contributed by atoms with E-state index in [1.54, 1.807) is 7.05 Å². The summed E-state index contributed by atoms with van der Waals surface area (Å²) in [6, 6.07) is 6.87. The number of carbonyl (C=O) groups excluding carboxylic acids is 1. The number of carbonyl (C=O) groups is 1. The van der Waals surface area contributed by atoms with Crippen LogP contribution in [0.25, 0.3) is 0 Å². The average Bonchev–Trinajstić information content (AvgIpc) is 2.93. The molecule has 2 atom stereocenters. The van der Waals surface area contributed by atoms with E-state index in [-0.39, 0.29) is 5.91 Å². The van der Waals surface area contributed by atoms with Gasteiger partial charge in [-0.15, -0.1) is 0 Å². The first-order valence-electron chi connectivity index (χ1n) is 7.43. The molecule has 3 N–H and O–H groups in total. The van der Waals surface area contributed by atoms with Gasteiger partial charge in [0.2, 0.25) is 0 Å². The second-order valence-electron chi connectivity index (χ2n) is 5.68. The summed E-state index contributed by atoms with van der Waals surface area (Å²) >= 11 is 0. The minimum Gasteiger partial charge on any atom is -0.382 e. The molecule has 1 fully saturated rings. The van der Waals surface area contributed by atoms with Gasteiger partial charge in [-0.05, 0) is 63.4 Å². The zero-order valence-corrected chi connectivity index (χ0v) is 12.6. The van der Waals surface area contributed by atoms with Gasteiger partial charge in [0, 0.05) is 30.4 Å². The van der Waals surface area contributed by atoms with Crippen LogP contribution in [0, 0.1) is 6.92 Å². The Hall–Kier alpha value is -1.55. The molecule has 0 spiro atoms. The normalized spacial score (nSPS) is 19.6. The van der Waals surface area contributed by atoms with Crippen molar-refractivity contribution in [2.45, 2.75) is 45.2 Å². The molecule has 20 heavy (non-hydrogen) atoms. The molecule has 0 aromatic heterocycles. The molecule has 1 aliphatic heterocycles. The van der Waals surface area contributed by atoms with Crippen LogP contribution in [-0.4, -0.2) is 31.6 Å². The molecule has 1 aromatic rings. The lowest BCUT2D eigenvalue weighted by Gasteiger charge is -2.20. The highest BCUT2D eigenvalue weighted by atomic mass is 16.1. The van der Waals surface area contributed by atoms with Crippen molar-refractivity contribution < 1.29 is 4.79 Å². The first-order chi connectivity index (χ1) is 9.60. The average molecular weight is 275 g/mol. The Morgan fingerprint density at radius 2 is 2.30 bits per heavy atom. The Labute approximate surface area is 121 Å². The van der Waals surface area contributed by atoms with E-state index < -0.39 is 0 Å². The van der Waals surface area contributed by atoms with Crippen molar-refractivity contribution in [2.75, 3.05) is 18.9 Å². The summed E-state index contributed by atoms with van der Waals surface area (Å²) in [4.78, 5) is 11.6. The minimum atomic E-state index is -0.0390. The topological polar surface area (TPSA) is 53.2 Å². The van der Waals surface area contributed by atoms with Crippen LogP contribution in [0.3, 0.4) is 0 Å². The van der Waals surface area contributed by atoms with Crippen molar-refractivity contribution in [2.24, 2.45) is 0 Å². The molecule has 1 aromatic carbocycles. The van der Waals surface area contributed by atoms with Crippen molar-refractivity contribution in [3.63, 3.8) is 0 Å². The van der Waals surface area contributed by atoms with E-state index in [1.165, 1.54) is 12.8 Å². The largest absolute Gasteiger partial charge is 0.382 e. The summed E-state index contributed by atoms with van der Waals surface area (Å²) < 4.78 is 0. The number of hydrogen-bond acceptors (Lipinski definition) is 3. The third kappa shape index (κ3) is 3.73. The Balaban J connectivity index is 1.96.